The zero-order valence-corrected chi connectivity index (χ0v) is 12.9. The molecule has 0 saturated carbocycles. The van der Waals surface area contributed by atoms with E-state index in [0.29, 0.717) is 12.6 Å². The van der Waals surface area contributed by atoms with Crippen LogP contribution in [0.1, 0.15) is 24.4 Å². The summed E-state index contributed by atoms with van der Waals surface area (Å²) in [6.07, 6.45) is 3.54. The Hall–Kier alpha value is -0.390. The summed E-state index contributed by atoms with van der Waals surface area (Å²) < 4.78 is 23.6. The van der Waals surface area contributed by atoms with Gasteiger partial charge in [0.1, 0.15) is 9.84 Å². The van der Waals surface area contributed by atoms with Crippen LogP contribution in [-0.4, -0.2) is 38.4 Å². The van der Waals surface area contributed by atoms with Crippen LogP contribution in [0.4, 0.5) is 0 Å². The molecule has 3 nitrogen and oxygen atoms in total. The summed E-state index contributed by atoms with van der Waals surface area (Å²) in [6.45, 7) is 1.62. The van der Waals surface area contributed by atoms with E-state index in [1.807, 2.05) is 18.2 Å². The molecule has 0 amide bonds. The highest BCUT2D eigenvalue weighted by atomic mass is 79.9. The zero-order chi connectivity index (χ0) is 13.2. The predicted octanol–water partition coefficient (Wildman–Crippen LogP) is 2.63. The number of nitrogens with zero attached hydrogens (tertiary/aromatic N) is 1. The molecule has 1 atom stereocenters. The Morgan fingerprint density at radius 2 is 2.11 bits per heavy atom. The van der Waals surface area contributed by atoms with Crippen LogP contribution in [0.3, 0.4) is 0 Å². The van der Waals surface area contributed by atoms with Crippen molar-refractivity contribution in [3.05, 3.63) is 34.3 Å². The molecule has 0 bridgehead atoms. The Balaban J connectivity index is 2.11. The van der Waals surface area contributed by atoms with Crippen molar-refractivity contribution >= 4 is 25.8 Å². The number of halogens is 1. The quantitative estimate of drug-likeness (QED) is 0.851. The first-order chi connectivity index (χ1) is 8.47. The van der Waals surface area contributed by atoms with Gasteiger partial charge in [-0.3, -0.25) is 4.90 Å². The second kappa shape index (κ2) is 5.72. The largest absolute Gasteiger partial charge is 0.295 e. The maximum absolute atomic E-state index is 11.3. The van der Waals surface area contributed by atoms with Gasteiger partial charge in [0.25, 0.3) is 0 Å². The minimum absolute atomic E-state index is 0.244. The lowest BCUT2D eigenvalue weighted by Crippen LogP contribution is -2.29. The summed E-state index contributed by atoms with van der Waals surface area (Å²) >= 11 is 3.58. The second-order valence-electron chi connectivity index (χ2n) is 4.85. The van der Waals surface area contributed by atoms with Gasteiger partial charge in [-0.15, -0.1) is 0 Å². The fraction of sp³-hybridized carbons (Fsp3) is 0.538. The first kappa shape index (κ1) is 14.0. The molecule has 18 heavy (non-hydrogen) atoms. The first-order valence-electron chi connectivity index (χ1n) is 6.13. The second-order valence-corrected chi connectivity index (χ2v) is 7.96. The summed E-state index contributed by atoms with van der Waals surface area (Å²) in [5.41, 5.74) is 1.27. The number of benzene rings is 1. The van der Waals surface area contributed by atoms with Crippen LogP contribution in [0.15, 0.2) is 28.7 Å². The summed E-state index contributed by atoms with van der Waals surface area (Å²) in [4.78, 5) is 2.28. The summed E-state index contributed by atoms with van der Waals surface area (Å²) in [5.74, 6) is 0.244. The van der Waals surface area contributed by atoms with E-state index >= 15 is 0 Å². The van der Waals surface area contributed by atoms with Gasteiger partial charge in [-0.05, 0) is 31.0 Å². The lowest BCUT2D eigenvalue weighted by atomic mass is 10.0. The number of hydrogen-bond donors (Lipinski definition) is 0. The normalized spacial score (nSPS) is 21.3. The van der Waals surface area contributed by atoms with Crippen molar-refractivity contribution in [1.82, 2.24) is 4.90 Å². The van der Waals surface area contributed by atoms with Crippen molar-refractivity contribution in [1.29, 1.82) is 0 Å². The molecule has 1 heterocycles. The molecule has 1 aromatic rings. The highest BCUT2D eigenvalue weighted by molar-refractivity contribution is 9.10. The average Bonchev–Trinajstić information content (AvgIpc) is 2.74. The molecule has 0 unspecified atom stereocenters. The Labute approximate surface area is 117 Å². The molecule has 0 radical (unpaired) electrons. The van der Waals surface area contributed by atoms with Crippen LogP contribution in [0.5, 0.6) is 0 Å². The lowest BCUT2D eigenvalue weighted by molar-refractivity contribution is 0.272. The molecule has 1 saturated heterocycles. The molecule has 1 aliphatic heterocycles. The van der Waals surface area contributed by atoms with Crippen molar-refractivity contribution in [2.24, 2.45) is 0 Å². The molecule has 100 valence electrons. The van der Waals surface area contributed by atoms with E-state index in [1.165, 1.54) is 11.8 Å². The smallest absolute Gasteiger partial charge is 0.148 e. The summed E-state index contributed by atoms with van der Waals surface area (Å²) in [6, 6.07) is 8.55. The van der Waals surface area contributed by atoms with Gasteiger partial charge >= 0.3 is 0 Å². The molecule has 0 aromatic heterocycles. The fourth-order valence-electron chi connectivity index (χ4n) is 2.47. The van der Waals surface area contributed by atoms with Gasteiger partial charge in [0.2, 0.25) is 0 Å². The lowest BCUT2D eigenvalue weighted by Gasteiger charge is -2.25. The molecule has 1 aromatic carbocycles. The Bertz CT molecular complexity index is 515. The molecular weight excluding hydrogens is 314 g/mol. The highest BCUT2D eigenvalue weighted by Gasteiger charge is 2.27. The third-order valence-corrected chi connectivity index (χ3v) is 5.02. The number of likely N-dealkylation sites (tertiary alicyclic amines) is 1. The molecule has 1 fully saturated rings. The molecule has 0 N–H and O–H groups in total. The van der Waals surface area contributed by atoms with Gasteiger partial charge in [-0.1, -0.05) is 34.1 Å². The molecule has 1 aliphatic rings. The van der Waals surface area contributed by atoms with Gasteiger partial charge in [0.05, 0.1) is 5.75 Å². The maximum Gasteiger partial charge on any atom is 0.148 e. The number of sulfone groups is 1. The van der Waals surface area contributed by atoms with Gasteiger partial charge in [-0.2, -0.15) is 0 Å². The van der Waals surface area contributed by atoms with Crippen LogP contribution in [0.2, 0.25) is 0 Å². The fourth-order valence-corrected chi connectivity index (χ4v) is 3.59. The van der Waals surface area contributed by atoms with E-state index < -0.39 is 9.84 Å². The molecule has 0 spiro atoms. The maximum atomic E-state index is 11.3. The van der Waals surface area contributed by atoms with Crippen LogP contribution >= 0.6 is 15.9 Å². The van der Waals surface area contributed by atoms with E-state index in [1.54, 1.807) is 0 Å². The number of hydrogen-bond acceptors (Lipinski definition) is 3. The summed E-state index contributed by atoms with van der Waals surface area (Å²) in [7, 11) is -2.88. The van der Waals surface area contributed by atoms with Crippen molar-refractivity contribution < 1.29 is 8.42 Å². The van der Waals surface area contributed by atoms with E-state index in [0.717, 1.165) is 23.9 Å². The number of rotatable bonds is 4. The Morgan fingerprint density at radius 3 is 2.78 bits per heavy atom. The van der Waals surface area contributed by atoms with Crippen molar-refractivity contribution in [2.75, 3.05) is 25.1 Å². The van der Waals surface area contributed by atoms with E-state index in [2.05, 4.69) is 26.9 Å². The third kappa shape index (κ3) is 3.56. The van der Waals surface area contributed by atoms with Crippen molar-refractivity contribution in [2.45, 2.75) is 18.9 Å². The molecule has 0 aliphatic carbocycles. The minimum atomic E-state index is -2.88. The van der Waals surface area contributed by atoms with Crippen molar-refractivity contribution in [3.8, 4) is 0 Å². The molecular formula is C13H18BrNO2S. The van der Waals surface area contributed by atoms with Crippen LogP contribution in [0.25, 0.3) is 0 Å². The van der Waals surface area contributed by atoms with E-state index in [9.17, 15) is 8.42 Å². The van der Waals surface area contributed by atoms with Gasteiger partial charge in [-0.25, -0.2) is 8.42 Å². The van der Waals surface area contributed by atoms with E-state index in [4.69, 9.17) is 0 Å². The van der Waals surface area contributed by atoms with Gasteiger partial charge < -0.3 is 0 Å². The van der Waals surface area contributed by atoms with Crippen LogP contribution in [-0.2, 0) is 9.84 Å². The van der Waals surface area contributed by atoms with Gasteiger partial charge in [0.15, 0.2) is 0 Å². The molecule has 5 heteroatoms. The minimum Gasteiger partial charge on any atom is -0.295 e. The zero-order valence-electron chi connectivity index (χ0n) is 10.5. The van der Waals surface area contributed by atoms with Gasteiger partial charge in [0, 0.05) is 23.3 Å². The standard InChI is InChI=1S/C13H18BrNO2S/c1-18(16,17)10-9-15-8-4-7-13(15)11-5-2-3-6-12(11)14/h2-3,5-6,13H,4,7-10H2,1H3/t13-/m1/s1. The van der Waals surface area contributed by atoms with Crippen LogP contribution in [0, 0.1) is 0 Å². The third-order valence-electron chi connectivity index (χ3n) is 3.38. The summed E-state index contributed by atoms with van der Waals surface area (Å²) in [5, 5.41) is 0. The first-order valence-corrected chi connectivity index (χ1v) is 8.99. The highest BCUT2D eigenvalue weighted by Crippen LogP contribution is 2.35. The van der Waals surface area contributed by atoms with Crippen molar-refractivity contribution in [3.63, 3.8) is 0 Å². The SMILES string of the molecule is CS(=O)(=O)CCN1CCC[C@@H]1c1ccccc1Br. The predicted molar refractivity (Wildman–Crippen MR) is 77.4 cm³/mol. The molecule has 2 rings (SSSR count). The monoisotopic (exact) mass is 331 g/mol. The Morgan fingerprint density at radius 1 is 1.39 bits per heavy atom. The van der Waals surface area contributed by atoms with Crippen LogP contribution < -0.4 is 0 Å². The Kier molecular flexibility index (Phi) is 4.45. The average molecular weight is 332 g/mol. The topological polar surface area (TPSA) is 37.4 Å². The van der Waals surface area contributed by atoms with E-state index in [-0.39, 0.29) is 5.75 Å².